The van der Waals surface area contributed by atoms with Gasteiger partial charge in [0, 0.05) is 12.2 Å². The van der Waals surface area contributed by atoms with Gasteiger partial charge in [-0.15, -0.1) is 5.06 Å². The number of hydroxylamine groups is 2. The van der Waals surface area contributed by atoms with E-state index in [1.807, 2.05) is 60.7 Å². The van der Waals surface area contributed by atoms with Crippen molar-refractivity contribution in [2.45, 2.75) is 6.54 Å². The lowest BCUT2D eigenvalue weighted by atomic mass is 10.2. The molecule has 0 fully saturated rings. The zero-order valence-electron chi connectivity index (χ0n) is 9.95. The Bertz CT molecular complexity index is 460. The molecule has 0 saturated carbocycles. The first kappa shape index (κ1) is 12.5. The van der Waals surface area contributed by atoms with Crippen LogP contribution in [0.15, 0.2) is 60.7 Å². The number of para-hydroxylation sites is 1. The molecular formula is C14H15N2OS+. The molecule has 2 aromatic rings. The molecule has 0 aliphatic carbocycles. The van der Waals surface area contributed by atoms with Crippen LogP contribution in [0.1, 0.15) is 5.56 Å². The molecule has 0 radical (unpaired) electrons. The Balaban J connectivity index is 2.08. The molecule has 3 N–H and O–H groups in total. The Morgan fingerprint density at radius 1 is 1.00 bits per heavy atom. The smallest absolute Gasteiger partial charge is 0.301 e. The summed E-state index contributed by atoms with van der Waals surface area (Å²) in [5.41, 5.74) is 4.89. The number of quaternary nitrogens is 1. The molecule has 2 aromatic carbocycles. The van der Waals surface area contributed by atoms with Crippen LogP contribution in [-0.4, -0.2) is 10.2 Å². The lowest BCUT2D eigenvalue weighted by molar-refractivity contribution is -0.251. The van der Waals surface area contributed by atoms with E-state index in [0.717, 1.165) is 11.3 Å². The third kappa shape index (κ3) is 3.55. The van der Waals surface area contributed by atoms with Gasteiger partial charge in [-0.1, -0.05) is 48.5 Å². The molecule has 92 valence electrons. The minimum atomic E-state index is 0.461. The van der Waals surface area contributed by atoms with E-state index in [1.165, 1.54) is 0 Å². The summed E-state index contributed by atoms with van der Waals surface area (Å²) in [6, 6.07) is 19.6. The van der Waals surface area contributed by atoms with E-state index in [9.17, 15) is 0 Å². The van der Waals surface area contributed by atoms with Crippen LogP contribution in [0.4, 0.5) is 0 Å². The average molecular weight is 259 g/mol. The monoisotopic (exact) mass is 259 g/mol. The van der Waals surface area contributed by atoms with E-state index in [0.29, 0.717) is 11.7 Å². The Kier molecular flexibility index (Phi) is 4.28. The standard InChI is InChI=1S/C14H14N2OS/c15-14(18)16(11-12-7-3-1-4-8-12)17-13-9-5-2-6-10-13/h1-10H,11H2,(H2,15,18)/p+1. The summed E-state index contributed by atoms with van der Waals surface area (Å²) >= 11 is 5.11. The first-order chi connectivity index (χ1) is 8.75. The first-order valence-electron chi connectivity index (χ1n) is 5.66. The number of thiocarbonyl (C=S) groups is 1. The van der Waals surface area contributed by atoms with Gasteiger partial charge in [-0.25, -0.2) is 0 Å². The van der Waals surface area contributed by atoms with E-state index in [1.54, 1.807) is 5.06 Å². The third-order valence-corrected chi connectivity index (χ3v) is 2.61. The fourth-order valence-corrected chi connectivity index (χ4v) is 1.63. The maximum atomic E-state index is 5.71. The topological polar surface area (TPSA) is 40.1 Å². The van der Waals surface area contributed by atoms with Gasteiger partial charge in [0.1, 0.15) is 0 Å². The van der Waals surface area contributed by atoms with Crippen molar-refractivity contribution in [3.05, 3.63) is 66.2 Å². The van der Waals surface area contributed by atoms with Crippen molar-refractivity contribution >= 4 is 17.3 Å². The van der Waals surface area contributed by atoms with Crippen molar-refractivity contribution in [3.63, 3.8) is 0 Å². The molecule has 0 aliphatic heterocycles. The van der Waals surface area contributed by atoms with E-state index >= 15 is 0 Å². The first-order valence-corrected chi connectivity index (χ1v) is 6.07. The lowest BCUT2D eigenvalue weighted by Crippen LogP contribution is -2.64. The molecule has 18 heavy (non-hydrogen) atoms. The molecule has 0 saturated heterocycles. The molecule has 0 atom stereocenters. The van der Waals surface area contributed by atoms with Crippen molar-refractivity contribution in [1.82, 2.24) is 5.06 Å². The van der Waals surface area contributed by atoms with Crippen molar-refractivity contribution in [2.75, 3.05) is 0 Å². The molecule has 0 bridgehead atoms. The van der Waals surface area contributed by atoms with Gasteiger partial charge in [-0.3, -0.25) is 5.73 Å². The van der Waals surface area contributed by atoms with Gasteiger partial charge < -0.3 is 4.84 Å². The van der Waals surface area contributed by atoms with Crippen molar-refractivity contribution < 1.29 is 10.6 Å². The highest BCUT2D eigenvalue weighted by atomic mass is 32.1. The molecule has 0 unspecified atom stereocenters. The van der Waals surface area contributed by atoms with E-state index < -0.39 is 0 Å². The van der Waals surface area contributed by atoms with Gasteiger partial charge >= 0.3 is 5.11 Å². The summed E-state index contributed by atoms with van der Waals surface area (Å²) in [4.78, 5) is 5.71. The highest BCUT2D eigenvalue weighted by Gasteiger charge is 2.12. The molecule has 0 aromatic heterocycles. The molecule has 0 aliphatic rings. The van der Waals surface area contributed by atoms with Gasteiger partial charge in [0.25, 0.3) is 0 Å². The second-order valence-corrected chi connectivity index (χ2v) is 4.29. The molecule has 0 amide bonds. The van der Waals surface area contributed by atoms with E-state index in [-0.39, 0.29) is 0 Å². The zero-order chi connectivity index (χ0) is 12.8. The summed E-state index contributed by atoms with van der Waals surface area (Å²) in [5.74, 6) is 0.749. The highest BCUT2D eigenvalue weighted by Crippen LogP contribution is 2.12. The summed E-state index contributed by atoms with van der Waals surface area (Å²) in [7, 11) is 0. The van der Waals surface area contributed by atoms with Crippen LogP contribution in [0.25, 0.3) is 0 Å². The normalized spacial score (nSPS) is 9.83. The van der Waals surface area contributed by atoms with Gasteiger partial charge in [-0.2, -0.15) is 0 Å². The number of rotatable bonds is 4. The summed E-state index contributed by atoms with van der Waals surface area (Å²) in [6.07, 6.45) is 0. The Hall–Kier alpha value is -1.91. The quantitative estimate of drug-likeness (QED) is 0.674. The lowest BCUT2D eigenvalue weighted by Gasteiger charge is -2.20. The second kappa shape index (κ2) is 6.14. The van der Waals surface area contributed by atoms with Gasteiger partial charge in [0.05, 0.1) is 6.54 Å². The van der Waals surface area contributed by atoms with Crippen LogP contribution < -0.4 is 10.6 Å². The van der Waals surface area contributed by atoms with Gasteiger partial charge in [0.2, 0.25) is 0 Å². The van der Waals surface area contributed by atoms with Crippen LogP contribution in [0.3, 0.4) is 0 Å². The molecule has 0 spiro atoms. The molecule has 3 nitrogen and oxygen atoms in total. The van der Waals surface area contributed by atoms with Gasteiger partial charge in [-0.05, 0) is 17.7 Å². The fourth-order valence-electron chi connectivity index (χ4n) is 1.53. The molecule has 4 heteroatoms. The Morgan fingerprint density at radius 2 is 1.56 bits per heavy atom. The Labute approximate surface area is 112 Å². The number of hydrogen-bond donors (Lipinski definition) is 1. The number of hydrogen-bond acceptors (Lipinski definition) is 2. The molecule has 0 heterocycles. The van der Waals surface area contributed by atoms with Crippen LogP contribution in [0, 0.1) is 0 Å². The summed E-state index contributed by atoms with van der Waals surface area (Å²) < 4.78 is 0. The highest BCUT2D eigenvalue weighted by molar-refractivity contribution is 7.79. The maximum absolute atomic E-state index is 5.71. The maximum Gasteiger partial charge on any atom is 0.301 e. The molecular weight excluding hydrogens is 244 g/mol. The summed E-state index contributed by atoms with van der Waals surface area (Å²) in [6.45, 7) is 0.581. The SMILES string of the molecule is [NH3+]C(=S)N(Cc1ccccc1)Oc1ccccc1. The van der Waals surface area contributed by atoms with Crippen molar-refractivity contribution in [1.29, 1.82) is 0 Å². The van der Waals surface area contributed by atoms with Crippen molar-refractivity contribution in [3.8, 4) is 5.75 Å². The second-order valence-electron chi connectivity index (χ2n) is 3.82. The third-order valence-electron chi connectivity index (χ3n) is 2.41. The predicted octanol–water partition coefficient (Wildman–Crippen LogP) is 2.01. The Morgan fingerprint density at radius 3 is 2.11 bits per heavy atom. The average Bonchev–Trinajstić information content (AvgIpc) is 2.40. The van der Waals surface area contributed by atoms with E-state index in [2.05, 4.69) is 5.73 Å². The predicted molar refractivity (Wildman–Crippen MR) is 74.5 cm³/mol. The van der Waals surface area contributed by atoms with Gasteiger partial charge in [0.15, 0.2) is 5.75 Å². The van der Waals surface area contributed by atoms with Crippen molar-refractivity contribution in [2.24, 2.45) is 0 Å². The summed E-state index contributed by atoms with van der Waals surface area (Å²) in [5, 5.41) is 2.07. The fraction of sp³-hybridized carbons (Fsp3) is 0.0714. The van der Waals surface area contributed by atoms with E-state index in [4.69, 9.17) is 17.1 Å². The minimum Gasteiger partial charge on any atom is -0.374 e. The minimum absolute atomic E-state index is 0.461. The largest absolute Gasteiger partial charge is 0.374 e. The van der Waals surface area contributed by atoms with Crippen LogP contribution in [0.2, 0.25) is 0 Å². The zero-order valence-corrected chi connectivity index (χ0v) is 10.8. The van der Waals surface area contributed by atoms with Crippen LogP contribution in [0.5, 0.6) is 5.75 Å². The van der Waals surface area contributed by atoms with Crippen LogP contribution in [-0.2, 0) is 6.54 Å². The van der Waals surface area contributed by atoms with Crippen LogP contribution >= 0.6 is 12.2 Å². The number of nitrogens with zero attached hydrogens (tertiary/aromatic N) is 1. The molecule has 2 rings (SSSR count). The number of benzene rings is 2.